The summed E-state index contributed by atoms with van der Waals surface area (Å²) in [6.07, 6.45) is 6.39. The molecule has 0 saturated carbocycles. The minimum Gasteiger partial charge on any atom is -0.392 e. The molecule has 2 aromatic rings. The molecule has 0 aliphatic carbocycles. The second-order valence-electron chi connectivity index (χ2n) is 6.70. The van der Waals surface area contributed by atoms with Gasteiger partial charge in [-0.15, -0.1) is 0 Å². The smallest absolute Gasteiger partial charge is 0.226 e. The highest BCUT2D eigenvalue weighted by Gasteiger charge is 2.19. The molecule has 1 aliphatic heterocycles. The SMILES string of the molecule is CCCCCCc1nc(-c2ccc(CN3CC[C@H](O)C3)cc2)no1. The third kappa shape index (κ3) is 4.65. The summed E-state index contributed by atoms with van der Waals surface area (Å²) < 4.78 is 5.35. The van der Waals surface area contributed by atoms with Crippen LogP contribution in [0.15, 0.2) is 28.8 Å². The number of aryl methyl sites for hydroxylation is 1. The molecule has 130 valence electrons. The minimum absolute atomic E-state index is 0.167. The molecule has 0 radical (unpaired) electrons. The Hall–Kier alpha value is -1.72. The predicted octanol–water partition coefficient (Wildman–Crippen LogP) is 3.43. The number of rotatable bonds is 8. The molecule has 1 aromatic heterocycles. The summed E-state index contributed by atoms with van der Waals surface area (Å²) in [5, 5.41) is 13.7. The fourth-order valence-corrected chi connectivity index (χ4v) is 3.15. The zero-order valence-corrected chi connectivity index (χ0v) is 14.4. The molecule has 1 fully saturated rings. The number of likely N-dealkylation sites (tertiary alicyclic amines) is 1. The normalized spacial score (nSPS) is 18.3. The molecule has 5 nitrogen and oxygen atoms in total. The Labute approximate surface area is 143 Å². The molecule has 1 atom stereocenters. The summed E-state index contributed by atoms with van der Waals surface area (Å²) >= 11 is 0. The van der Waals surface area contributed by atoms with Gasteiger partial charge in [-0.1, -0.05) is 55.6 Å². The van der Waals surface area contributed by atoms with Crippen molar-refractivity contribution in [3.63, 3.8) is 0 Å². The van der Waals surface area contributed by atoms with Gasteiger partial charge in [0.05, 0.1) is 6.10 Å². The van der Waals surface area contributed by atoms with Crippen molar-refractivity contribution in [1.82, 2.24) is 15.0 Å². The number of hydrogen-bond acceptors (Lipinski definition) is 5. The predicted molar refractivity (Wildman–Crippen MR) is 93.5 cm³/mol. The molecule has 2 heterocycles. The summed E-state index contributed by atoms with van der Waals surface area (Å²) in [4.78, 5) is 6.78. The number of aliphatic hydroxyl groups is 1. The van der Waals surface area contributed by atoms with Gasteiger partial charge in [0.2, 0.25) is 11.7 Å². The van der Waals surface area contributed by atoms with E-state index in [2.05, 4.69) is 34.1 Å². The van der Waals surface area contributed by atoms with Gasteiger partial charge < -0.3 is 9.63 Å². The minimum atomic E-state index is -0.167. The van der Waals surface area contributed by atoms with E-state index in [0.29, 0.717) is 5.82 Å². The van der Waals surface area contributed by atoms with Gasteiger partial charge >= 0.3 is 0 Å². The van der Waals surface area contributed by atoms with E-state index in [1.807, 2.05) is 12.1 Å². The van der Waals surface area contributed by atoms with Crippen LogP contribution in [-0.2, 0) is 13.0 Å². The monoisotopic (exact) mass is 329 g/mol. The van der Waals surface area contributed by atoms with Gasteiger partial charge in [0.1, 0.15) is 0 Å². The first-order chi connectivity index (χ1) is 11.7. The first kappa shape index (κ1) is 17.1. The molecule has 3 rings (SSSR count). The topological polar surface area (TPSA) is 62.4 Å². The lowest BCUT2D eigenvalue weighted by Crippen LogP contribution is -2.21. The molecule has 1 aliphatic rings. The van der Waals surface area contributed by atoms with Crippen LogP contribution in [0.5, 0.6) is 0 Å². The zero-order chi connectivity index (χ0) is 16.8. The maximum absolute atomic E-state index is 9.60. The van der Waals surface area contributed by atoms with Crippen LogP contribution < -0.4 is 0 Å². The van der Waals surface area contributed by atoms with Crippen molar-refractivity contribution in [2.75, 3.05) is 13.1 Å². The molecule has 1 aromatic carbocycles. The molecule has 0 amide bonds. The molecule has 0 bridgehead atoms. The lowest BCUT2D eigenvalue weighted by Gasteiger charge is -2.14. The molecule has 1 N–H and O–H groups in total. The van der Waals surface area contributed by atoms with Crippen LogP contribution in [0, 0.1) is 0 Å². The second-order valence-corrected chi connectivity index (χ2v) is 6.70. The third-order valence-corrected chi connectivity index (χ3v) is 4.58. The molecule has 24 heavy (non-hydrogen) atoms. The van der Waals surface area contributed by atoms with E-state index < -0.39 is 0 Å². The number of unbranched alkanes of at least 4 members (excludes halogenated alkanes) is 3. The highest BCUT2D eigenvalue weighted by atomic mass is 16.5. The van der Waals surface area contributed by atoms with Gasteiger partial charge in [0.25, 0.3) is 0 Å². The van der Waals surface area contributed by atoms with E-state index in [4.69, 9.17) is 4.52 Å². The summed E-state index contributed by atoms with van der Waals surface area (Å²) in [6, 6.07) is 8.32. The summed E-state index contributed by atoms with van der Waals surface area (Å²) in [6.45, 7) is 4.83. The number of benzene rings is 1. The second kappa shape index (κ2) is 8.40. The van der Waals surface area contributed by atoms with Crippen LogP contribution in [0.1, 0.15) is 50.5 Å². The van der Waals surface area contributed by atoms with Gasteiger partial charge in [0, 0.05) is 31.6 Å². The van der Waals surface area contributed by atoms with Crippen LogP contribution in [0.25, 0.3) is 11.4 Å². The van der Waals surface area contributed by atoms with E-state index in [0.717, 1.165) is 50.4 Å². The van der Waals surface area contributed by atoms with Gasteiger partial charge in [-0.3, -0.25) is 4.90 Å². The lowest BCUT2D eigenvalue weighted by molar-refractivity contribution is 0.175. The first-order valence-electron chi connectivity index (χ1n) is 9.07. The van der Waals surface area contributed by atoms with Crippen LogP contribution in [-0.4, -0.2) is 39.3 Å². The zero-order valence-electron chi connectivity index (χ0n) is 14.4. The summed E-state index contributed by atoms with van der Waals surface area (Å²) in [7, 11) is 0. The highest BCUT2D eigenvalue weighted by molar-refractivity contribution is 5.54. The van der Waals surface area contributed by atoms with E-state index in [-0.39, 0.29) is 6.10 Å². The van der Waals surface area contributed by atoms with E-state index in [1.165, 1.54) is 24.8 Å². The van der Waals surface area contributed by atoms with Crippen LogP contribution in [0.2, 0.25) is 0 Å². The fourth-order valence-electron chi connectivity index (χ4n) is 3.15. The van der Waals surface area contributed by atoms with Gasteiger partial charge in [-0.2, -0.15) is 4.98 Å². The number of nitrogens with zero attached hydrogens (tertiary/aromatic N) is 3. The fraction of sp³-hybridized carbons (Fsp3) is 0.579. The summed E-state index contributed by atoms with van der Waals surface area (Å²) in [5.74, 6) is 1.40. The highest BCUT2D eigenvalue weighted by Crippen LogP contribution is 2.19. The standard InChI is InChI=1S/C19H27N3O2/c1-2-3-4-5-6-18-20-19(21-24-18)16-9-7-15(8-10-16)13-22-12-11-17(23)14-22/h7-10,17,23H,2-6,11-14H2,1H3/t17-/m0/s1. The van der Waals surface area contributed by atoms with Crippen molar-refractivity contribution < 1.29 is 9.63 Å². The molecule has 5 heteroatoms. The Morgan fingerprint density at radius 3 is 2.75 bits per heavy atom. The average molecular weight is 329 g/mol. The molecular weight excluding hydrogens is 302 g/mol. The Kier molecular flexibility index (Phi) is 5.99. The Morgan fingerprint density at radius 2 is 2.04 bits per heavy atom. The van der Waals surface area contributed by atoms with Crippen molar-refractivity contribution in [1.29, 1.82) is 0 Å². The number of hydrogen-bond donors (Lipinski definition) is 1. The van der Waals surface area contributed by atoms with E-state index >= 15 is 0 Å². The molecule has 0 unspecified atom stereocenters. The Balaban J connectivity index is 1.54. The molecule has 1 saturated heterocycles. The van der Waals surface area contributed by atoms with Crippen molar-refractivity contribution in [3.05, 3.63) is 35.7 Å². The van der Waals surface area contributed by atoms with Gasteiger partial charge in [0.15, 0.2) is 0 Å². The van der Waals surface area contributed by atoms with Crippen LogP contribution in [0.3, 0.4) is 0 Å². The van der Waals surface area contributed by atoms with E-state index in [1.54, 1.807) is 0 Å². The number of aromatic nitrogens is 2. The summed E-state index contributed by atoms with van der Waals surface area (Å²) in [5.41, 5.74) is 2.24. The van der Waals surface area contributed by atoms with Crippen molar-refractivity contribution in [3.8, 4) is 11.4 Å². The Bertz CT molecular complexity index is 624. The van der Waals surface area contributed by atoms with Crippen molar-refractivity contribution >= 4 is 0 Å². The van der Waals surface area contributed by atoms with Crippen molar-refractivity contribution in [2.45, 2.75) is 58.1 Å². The van der Waals surface area contributed by atoms with Gasteiger partial charge in [-0.05, 0) is 18.4 Å². The van der Waals surface area contributed by atoms with E-state index in [9.17, 15) is 5.11 Å². The van der Waals surface area contributed by atoms with Crippen molar-refractivity contribution in [2.24, 2.45) is 0 Å². The quantitative estimate of drug-likeness (QED) is 0.752. The number of aliphatic hydroxyl groups excluding tert-OH is 1. The number of β-amino-alcohol motifs (C(OH)–C–C–N with tert-alkyl or cyclic N) is 1. The van der Waals surface area contributed by atoms with Gasteiger partial charge in [-0.25, -0.2) is 0 Å². The first-order valence-corrected chi connectivity index (χ1v) is 9.07. The van der Waals surface area contributed by atoms with Crippen LogP contribution >= 0.6 is 0 Å². The van der Waals surface area contributed by atoms with Crippen LogP contribution in [0.4, 0.5) is 0 Å². The molecular formula is C19H27N3O2. The molecule has 0 spiro atoms. The maximum atomic E-state index is 9.60. The third-order valence-electron chi connectivity index (χ3n) is 4.58. The average Bonchev–Trinajstić information content (AvgIpc) is 3.22. The lowest BCUT2D eigenvalue weighted by atomic mass is 10.1. The largest absolute Gasteiger partial charge is 0.392 e. The maximum Gasteiger partial charge on any atom is 0.226 e. The Morgan fingerprint density at radius 1 is 1.21 bits per heavy atom.